The van der Waals surface area contributed by atoms with Gasteiger partial charge in [-0.15, -0.1) is 0 Å². The first kappa shape index (κ1) is 14.5. The molecule has 3 heteroatoms. The molecule has 1 aromatic carbocycles. The van der Waals surface area contributed by atoms with Gasteiger partial charge in [0.05, 0.1) is 13.2 Å². The quantitative estimate of drug-likeness (QED) is 0.840. The minimum absolute atomic E-state index is 0.104. The summed E-state index contributed by atoms with van der Waals surface area (Å²) in [6, 6.07) is 5.69. The average molecular weight is 288 g/mol. The lowest BCUT2D eigenvalue weighted by Gasteiger charge is -2.37. The van der Waals surface area contributed by atoms with E-state index in [1.165, 1.54) is 5.57 Å². The second-order valence-corrected chi connectivity index (χ2v) is 6.50. The molecule has 0 fully saturated rings. The van der Waals surface area contributed by atoms with E-state index in [2.05, 4.69) is 19.9 Å². The van der Waals surface area contributed by atoms with Crippen LogP contribution in [-0.2, 0) is 0 Å². The predicted molar refractivity (Wildman–Crippen MR) is 82.6 cm³/mol. The Morgan fingerprint density at radius 3 is 2.81 bits per heavy atom. The maximum absolute atomic E-state index is 10.5. The zero-order valence-corrected chi connectivity index (χ0v) is 13.0. The van der Waals surface area contributed by atoms with Crippen molar-refractivity contribution in [2.45, 2.75) is 45.3 Å². The van der Waals surface area contributed by atoms with Gasteiger partial charge in [0.2, 0.25) is 0 Å². The molecule has 0 saturated heterocycles. The van der Waals surface area contributed by atoms with Crippen LogP contribution in [0, 0.1) is 11.8 Å². The molecule has 3 nitrogen and oxygen atoms in total. The van der Waals surface area contributed by atoms with E-state index in [1.54, 1.807) is 7.11 Å². The van der Waals surface area contributed by atoms with Crippen LogP contribution in [0.2, 0.25) is 0 Å². The molecule has 0 bridgehead atoms. The summed E-state index contributed by atoms with van der Waals surface area (Å²) in [6.07, 6.45) is 4.88. The first-order valence-electron chi connectivity index (χ1n) is 7.76. The lowest BCUT2D eigenvalue weighted by atomic mass is 9.78. The Kier molecular flexibility index (Phi) is 3.94. The summed E-state index contributed by atoms with van der Waals surface area (Å²) in [5, 5.41) is 10.5. The first-order chi connectivity index (χ1) is 10.1. The van der Waals surface area contributed by atoms with Crippen molar-refractivity contribution >= 4 is 0 Å². The number of fused-ring (bicyclic) bond motifs is 1. The third kappa shape index (κ3) is 2.93. The monoisotopic (exact) mass is 288 g/mol. The maximum Gasteiger partial charge on any atom is 0.125 e. The van der Waals surface area contributed by atoms with Crippen molar-refractivity contribution in [3.63, 3.8) is 0 Å². The Morgan fingerprint density at radius 1 is 1.29 bits per heavy atom. The van der Waals surface area contributed by atoms with Crippen molar-refractivity contribution in [2.75, 3.05) is 7.11 Å². The summed E-state index contributed by atoms with van der Waals surface area (Å²) in [7, 11) is 1.64. The van der Waals surface area contributed by atoms with E-state index in [-0.39, 0.29) is 6.10 Å². The topological polar surface area (TPSA) is 38.7 Å². The summed E-state index contributed by atoms with van der Waals surface area (Å²) in [5.41, 5.74) is 2.29. The molecule has 4 atom stereocenters. The molecule has 1 heterocycles. The third-order valence-electron chi connectivity index (χ3n) is 4.66. The Balaban J connectivity index is 1.80. The molecule has 114 valence electrons. The van der Waals surface area contributed by atoms with E-state index in [0.29, 0.717) is 18.3 Å². The fourth-order valence-corrected chi connectivity index (χ4v) is 3.75. The Hall–Kier alpha value is -1.48. The van der Waals surface area contributed by atoms with Gasteiger partial charge in [-0.25, -0.2) is 0 Å². The number of methoxy groups -OCH3 is 1. The fraction of sp³-hybridized carbons (Fsp3) is 0.556. The number of aliphatic hydroxyl groups excluding tert-OH is 1. The van der Waals surface area contributed by atoms with E-state index in [1.807, 2.05) is 18.2 Å². The summed E-state index contributed by atoms with van der Waals surface area (Å²) in [4.78, 5) is 0. The third-order valence-corrected chi connectivity index (χ3v) is 4.66. The minimum Gasteiger partial charge on any atom is -0.497 e. The Bertz CT molecular complexity index is 549. The van der Waals surface area contributed by atoms with Crippen LogP contribution in [0.25, 0.3) is 0 Å². The van der Waals surface area contributed by atoms with Crippen molar-refractivity contribution < 1.29 is 14.6 Å². The van der Waals surface area contributed by atoms with Crippen LogP contribution >= 0.6 is 0 Å². The molecule has 0 amide bonds. The standard InChI is InChI=1S/C18H24O3/c1-11-6-12(2)8-13(7-11)18-10-16(19)15-9-14(20-3)4-5-17(15)21-18/h4-6,9,11,13,16,18-19H,7-8,10H2,1-3H3/t11?,13?,16-,18?/m1/s1. The summed E-state index contributed by atoms with van der Waals surface area (Å²) in [5.74, 6) is 2.66. The number of aliphatic hydroxyl groups is 1. The molecular weight excluding hydrogens is 264 g/mol. The van der Waals surface area contributed by atoms with Gasteiger partial charge in [-0.05, 0) is 43.9 Å². The fourth-order valence-electron chi connectivity index (χ4n) is 3.75. The van der Waals surface area contributed by atoms with Crippen molar-refractivity contribution in [3.05, 3.63) is 35.4 Å². The normalized spacial score (nSPS) is 31.9. The lowest BCUT2D eigenvalue weighted by molar-refractivity contribution is 0.0271. The molecule has 1 N–H and O–H groups in total. The molecule has 0 spiro atoms. The average Bonchev–Trinajstić information content (AvgIpc) is 2.46. The van der Waals surface area contributed by atoms with Gasteiger partial charge in [-0.1, -0.05) is 18.6 Å². The highest BCUT2D eigenvalue weighted by Gasteiger charge is 2.34. The van der Waals surface area contributed by atoms with Crippen LogP contribution in [-0.4, -0.2) is 18.3 Å². The summed E-state index contributed by atoms with van der Waals surface area (Å²) < 4.78 is 11.4. The molecule has 3 unspecified atom stereocenters. The van der Waals surface area contributed by atoms with Crippen molar-refractivity contribution in [3.8, 4) is 11.5 Å². The highest BCUT2D eigenvalue weighted by molar-refractivity contribution is 5.43. The van der Waals surface area contributed by atoms with Crippen LogP contribution < -0.4 is 9.47 Å². The van der Waals surface area contributed by atoms with Gasteiger partial charge in [-0.2, -0.15) is 0 Å². The van der Waals surface area contributed by atoms with E-state index in [4.69, 9.17) is 9.47 Å². The second-order valence-electron chi connectivity index (χ2n) is 6.50. The van der Waals surface area contributed by atoms with Gasteiger partial charge in [-0.3, -0.25) is 0 Å². The van der Waals surface area contributed by atoms with Gasteiger partial charge in [0.1, 0.15) is 17.6 Å². The van der Waals surface area contributed by atoms with Gasteiger partial charge < -0.3 is 14.6 Å². The zero-order chi connectivity index (χ0) is 15.0. The number of hydrogen-bond acceptors (Lipinski definition) is 3. The van der Waals surface area contributed by atoms with Crippen molar-refractivity contribution in [2.24, 2.45) is 11.8 Å². The first-order valence-corrected chi connectivity index (χ1v) is 7.76. The smallest absolute Gasteiger partial charge is 0.125 e. The van der Waals surface area contributed by atoms with Crippen LogP contribution in [0.4, 0.5) is 0 Å². The highest BCUT2D eigenvalue weighted by atomic mass is 16.5. The zero-order valence-electron chi connectivity index (χ0n) is 13.0. The molecule has 1 aromatic rings. The number of ether oxygens (including phenoxy) is 2. The van der Waals surface area contributed by atoms with Crippen LogP contribution in [0.1, 0.15) is 44.8 Å². The molecule has 2 aliphatic rings. The van der Waals surface area contributed by atoms with E-state index >= 15 is 0 Å². The highest BCUT2D eigenvalue weighted by Crippen LogP contribution is 2.42. The summed E-state index contributed by atoms with van der Waals surface area (Å²) in [6.45, 7) is 4.45. The Morgan fingerprint density at radius 2 is 2.10 bits per heavy atom. The molecule has 0 radical (unpaired) electrons. The Labute approximate surface area is 126 Å². The molecular formula is C18H24O3. The maximum atomic E-state index is 10.5. The van der Waals surface area contributed by atoms with E-state index in [0.717, 1.165) is 29.9 Å². The van der Waals surface area contributed by atoms with E-state index < -0.39 is 6.10 Å². The van der Waals surface area contributed by atoms with Crippen LogP contribution in [0.15, 0.2) is 29.8 Å². The van der Waals surface area contributed by atoms with Gasteiger partial charge >= 0.3 is 0 Å². The van der Waals surface area contributed by atoms with Crippen LogP contribution in [0.5, 0.6) is 11.5 Å². The molecule has 1 aliphatic heterocycles. The van der Waals surface area contributed by atoms with Crippen molar-refractivity contribution in [1.82, 2.24) is 0 Å². The SMILES string of the molecule is COc1ccc2c(c1)[C@H](O)CC(C1CC(C)=CC(C)C1)O2. The van der Waals surface area contributed by atoms with Crippen LogP contribution in [0.3, 0.4) is 0 Å². The van der Waals surface area contributed by atoms with Crippen molar-refractivity contribution in [1.29, 1.82) is 0 Å². The predicted octanol–water partition coefficient (Wildman–Crippen LogP) is 3.87. The molecule has 1 aliphatic carbocycles. The lowest BCUT2D eigenvalue weighted by Crippen LogP contribution is -2.35. The van der Waals surface area contributed by atoms with E-state index in [9.17, 15) is 5.11 Å². The number of allylic oxidation sites excluding steroid dienone is 2. The minimum atomic E-state index is -0.463. The number of rotatable bonds is 2. The largest absolute Gasteiger partial charge is 0.497 e. The van der Waals surface area contributed by atoms with Gasteiger partial charge in [0, 0.05) is 17.9 Å². The molecule has 0 aromatic heterocycles. The summed E-state index contributed by atoms with van der Waals surface area (Å²) >= 11 is 0. The molecule has 21 heavy (non-hydrogen) atoms. The van der Waals surface area contributed by atoms with Gasteiger partial charge in [0.25, 0.3) is 0 Å². The number of hydrogen-bond donors (Lipinski definition) is 1. The molecule has 3 rings (SSSR count). The van der Waals surface area contributed by atoms with Gasteiger partial charge in [0.15, 0.2) is 0 Å². The number of benzene rings is 1. The molecule has 0 saturated carbocycles. The second kappa shape index (κ2) is 5.72.